The topological polar surface area (TPSA) is 77.5 Å². The van der Waals surface area contributed by atoms with E-state index in [-0.39, 0.29) is 22.8 Å². The molecule has 1 aromatic rings. The zero-order valence-electron chi connectivity index (χ0n) is 7.88. The number of hydrogen-bond acceptors (Lipinski definition) is 5. The second-order valence-electron chi connectivity index (χ2n) is 3.31. The van der Waals surface area contributed by atoms with E-state index in [2.05, 4.69) is 4.18 Å². The van der Waals surface area contributed by atoms with Crippen LogP contribution in [0.5, 0.6) is 5.75 Å². The van der Waals surface area contributed by atoms with Crippen molar-refractivity contribution in [3.05, 3.63) is 23.8 Å². The van der Waals surface area contributed by atoms with Crippen LogP contribution in [0.3, 0.4) is 0 Å². The van der Waals surface area contributed by atoms with Crippen LogP contribution in [0, 0.1) is 0 Å². The molecule has 0 aliphatic carbocycles. The van der Waals surface area contributed by atoms with Crippen molar-refractivity contribution in [2.75, 3.05) is 5.75 Å². The molecule has 16 heavy (non-hydrogen) atoms. The monoisotopic (exact) mass is 266 g/mol. The van der Waals surface area contributed by atoms with E-state index in [9.17, 15) is 20.7 Å². The maximum atomic E-state index is 12.2. The highest BCUT2D eigenvalue weighted by Gasteiger charge is 2.26. The first kappa shape index (κ1) is 11.3. The van der Waals surface area contributed by atoms with E-state index in [1.54, 1.807) is 0 Å². The number of rotatable bonds is 2. The van der Waals surface area contributed by atoms with Crippen LogP contribution in [0.2, 0.25) is 0 Å². The predicted octanol–water partition coefficient (Wildman–Crippen LogP) is 0.610. The van der Waals surface area contributed by atoms with Crippen molar-refractivity contribution in [2.45, 2.75) is 11.3 Å². The Balaban J connectivity index is 2.44. The van der Waals surface area contributed by atoms with Gasteiger partial charge in [-0.2, -0.15) is 8.42 Å². The SMILES string of the molecule is O=S(=O)(F)Oc1ccc2c(c1)CCS2(=O)=O. The summed E-state index contributed by atoms with van der Waals surface area (Å²) in [5, 5.41) is 0. The van der Waals surface area contributed by atoms with Crippen molar-refractivity contribution in [1.82, 2.24) is 0 Å². The van der Waals surface area contributed by atoms with Crippen LogP contribution in [0.1, 0.15) is 5.56 Å². The number of sulfone groups is 1. The van der Waals surface area contributed by atoms with Gasteiger partial charge in [-0.3, -0.25) is 0 Å². The van der Waals surface area contributed by atoms with E-state index in [0.717, 1.165) is 6.07 Å². The summed E-state index contributed by atoms with van der Waals surface area (Å²) in [6.07, 6.45) is 0.279. The molecule has 0 radical (unpaired) electrons. The Morgan fingerprint density at radius 3 is 2.62 bits per heavy atom. The van der Waals surface area contributed by atoms with E-state index in [1.165, 1.54) is 12.1 Å². The number of fused-ring (bicyclic) bond motifs is 1. The minimum atomic E-state index is -5.07. The predicted molar refractivity (Wildman–Crippen MR) is 52.9 cm³/mol. The minimum Gasteiger partial charge on any atom is -0.358 e. The average Bonchev–Trinajstić information content (AvgIpc) is 2.39. The van der Waals surface area contributed by atoms with Gasteiger partial charge in [-0.1, -0.05) is 3.89 Å². The standard InChI is InChI=1S/C8H7FO5S2/c9-16(12,13)14-7-1-2-8-6(5-7)3-4-15(8,10)11/h1-2,5H,3-4H2. The quantitative estimate of drug-likeness (QED) is 0.733. The van der Waals surface area contributed by atoms with E-state index in [0.29, 0.717) is 5.56 Å². The molecule has 1 aliphatic rings. The fourth-order valence-corrected chi connectivity index (χ4v) is 3.45. The summed E-state index contributed by atoms with van der Waals surface area (Å²) in [4.78, 5) is 0.149. The second-order valence-corrected chi connectivity index (χ2v) is 6.35. The molecule has 1 aromatic carbocycles. The largest absolute Gasteiger partial charge is 0.488 e. The van der Waals surface area contributed by atoms with Crippen molar-refractivity contribution in [3.8, 4) is 5.75 Å². The molecule has 0 spiro atoms. The first-order valence-corrected chi connectivity index (χ1v) is 7.24. The molecule has 0 aromatic heterocycles. The third-order valence-corrected chi connectivity index (χ3v) is 4.40. The molecule has 0 fully saturated rings. The molecule has 0 N–H and O–H groups in total. The van der Waals surface area contributed by atoms with Crippen molar-refractivity contribution in [1.29, 1.82) is 0 Å². The van der Waals surface area contributed by atoms with Gasteiger partial charge in [0, 0.05) is 0 Å². The zero-order valence-corrected chi connectivity index (χ0v) is 9.51. The third-order valence-electron chi connectivity index (χ3n) is 2.20. The summed E-state index contributed by atoms with van der Waals surface area (Å²) in [6, 6.07) is 3.55. The van der Waals surface area contributed by atoms with Crippen molar-refractivity contribution in [3.63, 3.8) is 0 Å². The first-order chi connectivity index (χ1) is 7.28. The maximum Gasteiger partial charge on any atom is 0.488 e. The molecular formula is C8H7FO5S2. The van der Waals surface area contributed by atoms with Gasteiger partial charge < -0.3 is 4.18 Å². The fraction of sp³-hybridized carbons (Fsp3) is 0.250. The average molecular weight is 266 g/mol. The highest BCUT2D eigenvalue weighted by molar-refractivity contribution is 7.91. The molecular weight excluding hydrogens is 259 g/mol. The summed E-state index contributed by atoms with van der Waals surface area (Å²) in [5.74, 6) is -0.243. The van der Waals surface area contributed by atoms with Gasteiger partial charge in [-0.15, -0.1) is 0 Å². The number of hydrogen-bond donors (Lipinski definition) is 0. The second kappa shape index (κ2) is 3.42. The maximum absolute atomic E-state index is 12.2. The number of halogens is 1. The Kier molecular flexibility index (Phi) is 2.43. The van der Waals surface area contributed by atoms with Gasteiger partial charge in [0.25, 0.3) is 0 Å². The smallest absolute Gasteiger partial charge is 0.358 e. The summed E-state index contributed by atoms with van der Waals surface area (Å²) in [7, 11) is -8.34. The molecule has 88 valence electrons. The van der Waals surface area contributed by atoms with E-state index >= 15 is 0 Å². The van der Waals surface area contributed by atoms with E-state index in [1.807, 2.05) is 0 Å². The highest BCUT2D eigenvalue weighted by Crippen LogP contribution is 2.29. The Bertz CT molecular complexity index is 632. The summed E-state index contributed by atoms with van der Waals surface area (Å²) in [6.45, 7) is 0. The highest BCUT2D eigenvalue weighted by atomic mass is 32.3. The van der Waals surface area contributed by atoms with Crippen molar-refractivity contribution in [2.24, 2.45) is 0 Å². The van der Waals surface area contributed by atoms with Crippen molar-refractivity contribution < 1.29 is 24.9 Å². The lowest BCUT2D eigenvalue weighted by Crippen LogP contribution is -2.02. The van der Waals surface area contributed by atoms with E-state index < -0.39 is 20.3 Å². The summed E-state index contributed by atoms with van der Waals surface area (Å²) < 4.78 is 59.5. The molecule has 0 amide bonds. The lowest BCUT2D eigenvalue weighted by atomic mass is 10.2. The minimum absolute atomic E-state index is 0.0197. The molecule has 0 saturated heterocycles. The normalized spacial score (nSPS) is 18.1. The molecule has 1 heterocycles. The molecule has 0 unspecified atom stereocenters. The zero-order chi connectivity index (χ0) is 12.0. The van der Waals surface area contributed by atoms with Gasteiger partial charge in [-0.25, -0.2) is 8.42 Å². The molecule has 0 bridgehead atoms. The van der Waals surface area contributed by atoms with Gasteiger partial charge in [0.15, 0.2) is 9.84 Å². The molecule has 1 aliphatic heterocycles. The lowest BCUT2D eigenvalue weighted by molar-refractivity contribution is 0.440. The van der Waals surface area contributed by atoms with Crippen LogP contribution < -0.4 is 4.18 Å². The summed E-state index contributed by atoms with van der Waals surface area (Å²) >= 11 is 0. The number of benzene rings is 1. The van der Waals surface area contributed by atoms with Crippen LogP contribution in [0.15, 0.2) is 23.1 Å². The van der Waals surface area contributed by atoms with E-state index in [4.69, 9.17) is 0 Å². The molecule has 8 heteroatoms. The van der Waals surface area contributed by atoms with Gasteiger partial charge in [-0.05, 0) is 30.2 Å². The van der Waals surface area contributed by atoms with Crippen LogP contribution in [0.25, 0.3) is 0 Å². The van der Waals surface area contributed by atoms with Crippen LogP contribution in [-0.2, 0) is 26.8 Å². The van der Waals surface area contributed by atoms with Gasteiger partial charge in [0.1, 0.15) is 5.75 Å². The van der Waals surface area contributed by atoms with Crippen LogP contribution >= 0.6 is 0 Å². The van der Waals surface area contributed by atoms with Crippen molar-refractivity contribution >= 4 is 20.3 Å². The summed E-state index contributed by atoms with van der Waals surface area (Å²) in [5.41, 5.74) is 0.446. The van der Waals surface area contributed by atoms with Gasteiger partial charge in [0.05, 0.1) is 10.6 Å². The first-order valence-electron chi connectivity index (χ1n) is 4.28. The Hall–Kier alpha value is -1.15. The Morgan fingerprint density at radius 2 is 2.00 bits per heavy atom. The molecule has 5 nitrogen and oxygen atoms in total. The van der Waals surface area contributed by atoms with Crippen LogP contribution in [-0.4, -0.2) is 22.6 Å². The number of aryl methyl sites for hydroxylation is 1. The van der Waals surface area contributed by atoms with Gasteiger partial charge in [0.2, 0.25) is 0 Å². The van der Waals surface area contributed by atoms with Gasteiger partial charge >= 0.3 is 10.5 Å². The molecule has 0 saturated carbocycles. The molecule has 2 rings (SSSR count). The van der Waals surface area contributed by atoms with Crippen LogP contribution in [0.4, 0.5) is 3.89 Å². The molecule has 0 atom stereocenters. The Labute approximate surface area is 92.2 Å². The third kappa shape index (κ3) is 2.17. The lowest BCUT2D eigenvalue weighted by Gasteiger charge is -2.02. The fourth-order valence-electron chi connectivity index (χ4n) is 1.58. The Morgan fingerprint density at radius 1 is 1.31 bits per heavy atom.